The number of ether oxygens (including phenoxy) is 2. The molecule has 3 rings (SSSR count). The van der Waals surface area contributed by atoms with Crippen LogP contribution in [0.1, 0.15) is 16.7 Å². The molecule has 2 nitrogen and oxygen atoms in total. The highest BCUT2D eigenvalue weighted by Crippen LogP contribution is 2.24. The molecule has 0 saturated carbocycles. The van der Waals surface area contributed by atoms with Gasteiger partial charge in [0.2, 0.25) is 0 Å². The molecule has 0 aliphatic heterocycles. The lowest BCUT2D eigenvalue weighted by molar-refractivity contribution is 0.371. The van der Waals surface area contributed by atoms with Gasteiger partial charge in [-0.1, -0.05) is 78.5 Å². The molecule has 2 heteroatoms. The van der Waals surface area contributed by atoms with E-state index in [0.29, 0.717) is 5.76 Å². The lowest BCUT2D eigenvalue weighted by Gasteiger charge is -2.07. The molecule has 0 aliphatic rings. The quantitative estimate of drug-likeness (QED) is 0.447. The standard InChI is InChI=1S/C24H20O2/c1-25-22-15-13-20(14-16-22)23(19-9-5-3-6-10-19)17-18-24(26-2)21-11-7-4-8-12-21/h3-16H,1-2H3. The Bertz CT molecular complexity index is 942. The molecular formula is C24H20O2. The van der Waals surface area contributed by atoms with Crippen molar-refractivity contribution in [3.63, 3.8) is 0 Å². The molecule has 0 radical (unpaired) electrons. The van der Waals surface area contributed by atoms with Gasteiger partial charge in [-0.15, -0.1) is 0 Å². The lowest BCUT2D eigenvalue weighted by Crippen LogP contribution is -1.88. The molecule has 26 heavy (non-hydrogen) atoms. The number of rotatable bonds is 5. The topological polar surface area (TPSA) is 18.5 Å². The van der Waals surface area contributed by atoms with Gasteiger partial charge in [0.25, 0.3) is 0 Å². The van der Waals surface area contributed by atoms with Crippen LogP contribution in [0.15, 0.2) is 96.4 Å². The van der Waals surface area contributed by atoms with Crippen molar-refractivity contribution in [1.29, 1.82) is 0 Å². The van der Waals surface area contributed by atoms with E-state index in [1.165, 1.54) is 0 Å². The summed E-state index contributed by atoms with van der Waals surface area (Å²) in [5, 5.41) is 0. The first-order valence-electron chi connectivity index (χ1n) is 8.37. The number of hydrogen-bond acceptors (Lipinski definition) is 2. The molecule has 3 aromatic rings. The van der Waals surface area contributed by atoms with Crippen molar-refractivity contribution in [3.8, 4) is 5.75 Å². The Hall–Kier alpha value is -3.44. The molecule has 0 saturated heterocycles. The maximum absolute atomic E-state index is 5.50. The highest BCUT2D eigenvalue weighted by Gasteiger charge is 2.05. The maximum Gasteiger partial charge on any atom is 0.177 e. The van der Waals surface area contributed by atoms with Crippen LogP contribution in [-0.4, -0.2) is 14.2 Å². The minimum atomic E-state index is 0.646. The Morgan fingerprint density at radius 3 is 1.69 bits per heavy atom. The molecule has 0 bridgehead atoms. The fourth-order valence-corrected chi connectivity index (χ4v) is 2.62. The Morgan fingerprint density at radius 1 is 0.615 bits per heavy atom. The summed E-state index contributed by atoms with van der Waals surface area (Å²) in [6.07, 6.45) is 0. The molecule has 0 heterocycles. The second-order valence-corrected chi connectivity index (χ2v) is 5.62. The van der Waals surface area contributed by atoms with Gasteiger partial charge in [-0.25, -0.2) is 0 Å². The largest absolute Gasteiger partial charge is 0.497 e. The zero-order chi connectivity index (χ0) is 18.2. The summed E-state index contributed by atoms with van der Waals surface area (Å²) in [6.45, 7) is 0. The van der Waals surface area contributed by atoms with Gasteiger partial charge in [-0.2, -0.15) is 0 Å². The van der Waals surface area contributed by atoms with Crippen molar-refractivity contribution in [2.45, 2.75) is 0 Å². The van der Waals surface area contributed by atoms with Crippen LogP contribution in [0.5, 0.6) is 5.75 Å². The highest BCUT2D eigenvalue weighted by atomic mass is 16.5. The number of hydrogen-bond donors (Lipinski definition) is 0. The third-order valence-corrected chi connectivity index (χ3v) is 3.98. The molecule has 0 atom stereocenters. The van der Waals surface area contributed by atoms with E-state index in [0.717, 1.165) is 28.0 Å². The van der Waals surface area contributed by atoms with Crippen LogP contribution in [0, 0.1) is 0 Å². The first-order chi connectivity index (χ1) is 12.8. The summed E-state index contributed by atoms with van der Waals surface area (Å²) >= 11 is 0. The monoisotopic (exact) mass is 340 g/mol. The first-order valence-corrected chi connectivity index (χ1v) is 8.37. The zero-order valence-electron chi connectivity index (χ0n) is 14.9. The molecule has 0 aromatic heterocycles. The second kappa shape index (κ2) is 8.60. The van der Waals surface area contributed by atoms with Gasteiger partial charge >= 0.3 is 0 Å². The van der Waals surface area contributed by atoms with Crippen LogP contribution >= 0.6 is 0 Å². The molecule has 0 fully saturated rings. The highest BCUT2D eigenvalue weighted by molar-refractivity contribution is 5.80. The smallest absolute Gasteiger partial charge is 0.177 e. The fraction of sp³-hybridized carbons (Fsp3) is 0.0833. The van der Waals surface area contributed by atoms with E-state index in [4.69, 9.17) is 9.47 Å². The van der Waals surface area contributed by atoms with Crippen LogP contribution < -0.4 is 4.74 Å². The average Bonchev–Trinajstić information content (AvgIpc) is 2.73. The van der Waals surface area contributed by atoms with Crippen molar-refractivity contribution >= 4 is 11.3 Å². The average molecular weight is 340 g/mol. The number of benzene rings is 3. The van der Waals surface area contributed by atoms with E-state index < -0.39 is 0 Å². The number of methoxy groups -OCH3 is 2. The predicted molar refractivity (Wildman–Crippen MR) is 106 cm³/mol. The van der Waals surface area contributed by atoms with Crippen molar-refractivity contribution in [3.05, 3.63) is 113 Å². The minimum absolute atomic E-state index is 0.646. The first kappa shape index (κ1) is 17.4. The summed E-state index contributed by atoms with van der Waals surface area (Å²) in [5.74, 6) is 1.47. The van der Waals surface area contributed by atoms with Gasteiger partial charge in [0.15, 0.2) is 5.76 Å². The van der Waals surface area contributed by atoms with E-state index in [1.807, 2.05) is 72.8 Å². The SMILES string of the molecule is COC(=C=C=C(c1ccccc1)c1ccc(OC)cc1)c1ccccc1. The van der Waals surface area contributed by atoms with E-state index in [-0.39, 0.29) is 0 Å². The van der Waals surface area contributed by atoms with Crippen molar-refractivity contribution < 1.29 is 9.47 Å². The van der Waals surface area contributed by atoms with E-state index in [1.54, 1.807) is 14.2 Å². The van der Waals surface area contributed by atoms with Crippen LogP contribution in [0.4, 0.5) is 0 Å². The van der Waals surface area contributed by atoms with E-state index in [2.05, 4.69) is 23.6 Å². The van der Waals surface area contributed by atoms with Crippen molar-refractivity contribution in [2.75, 3.05) is 14.2 Å². The second-order valence-electron chi connectivity index (χ2n) is 5.62. The summed E-state index contributed by atoms with van der Waals surface area (Å²) in [4.78, 5) is 0. The third kappa shape index (κ3) is 4.15. The summed E-state index contributed by atoms with van der Waals surface area (Å²) in [6, 6.07) is 28.0. The van der Waals surface area contributed by atoms with Crippen molar-refractivity contribution in [2.24, 2.45) is 0 Å². The predicted octanol–water partition coefficient (Wildman–Crippen LogP) is 5.57. The summed E-state index contributed by atoms with van der Waals surface area (Å²) < 4.78 is 10.8. The van der Waals surface area contributed by atoms with Crippen molar-refractivity contribution in [1.82, 2.24) is 0 Å². The molecular weight excluding hydrogens is 320 g/mol. The van der Waals surface area contributed by atoms with Crippen LogP contribution in [0.2, 0.25) is 0 Å². The molecule has 0 N–H and O–H groups in total. The van der Waals surface area contributed by atoms with Gasteiger partial charge < -0.3 is 9.47 Å². The molecule has 0 aliphatic carbocycles. The molecule has 128 valence electrons. The van der Waals surface area contributed by atoms with Gasteiger partial charge in [-0.3, -0.25) is 0 Å². The summed E-state index contributed by atoms with van der Waals surface area (Å²) in [7, 11) is 3.31. The van der Waals surface area contributed by atoms with Gasteiger partial charge in [0.1, 0.15) is 5.75 Å². The lowest BCUT2D eigenvalue weighted by atomic mass is 9.99. The Morgan fingerprint density at radius 2 is 1.15 bits per heavy atom. The zero-order valence-corrected chi connectivity index (χ0v) is 14.9. The fourth-order valence-electron chi connectivity index (χ4n) is 2.62. The maximum atomic E-state index is 5.50. The Balaban J connectivity index is 2.19. The Kier molecular flexibility index (Phi) is 5.75. The molecule has 0 amide bonds. The molecule has 0 spiro atoms. The van der Waals surface area contributed by atoms with Crippen LogP contribution in [0.25, 0.3) is 11.3 Å². The normalized spacial score (nSPS) is 9.62. The third-order valence-electron chi connectivity index (χ3n) is 3.98. The Labute approximate surface area is 154 Å². The summed E-state index contributed by atoms with van der Waals surface area (Å²) in [5.41, 5.74) is 10.5. The van der Waals surface area contributed by atoms with Gasteiger partial charge in [-0.05, 0) is 29.0 Å². The minimum Gasteiger partial charge on any atom is -0.497 e. The van der Waals surface area contributed by atoms with Gasteiger partial charge in [0.05, 0.1) is 14.2 Å². The van der Waals surface area contributed by atoms with Crippen LogP contribution in [0.3, 0.4) is 0 Å². The van der Waals surface area contributed by atoms with E-state index >= 15 is 0 Å². The van der Waals surface area contributed by atoms with E-state index in [9.17, 15) is 0 Å². The molecule has 0 unspecified atom stereocenters. The van der Waals surface area contributed by atoms with Crippen LogP contribution in [-0.2, 0) is 4.74 Å². The van der Waals surface area contributed by atoms with Gasteiger partial charge in [0, 0.05) is 11.1 Å². The molecule has 3 aromatic carbocycles.